The second kappa shape index (κ2) is 8.79. The molecule has 1 fully saturated rings. The van der Waals surface area contributed by atoms with E-state index in [2.05, 4.69) is 29.2 Å². The first kappa shape index (κ1) is 17.6. The van der Waals surface area contributed by atoms with Crippen LogP contribution in [-0.4, -0.2) is 36.6 Å². The van der Waals surface area contributed by atoms with Crippen molar-refractivity contribution in [3.05, 3.63) is 71.8 Å². The minimum absolute atomic E-state index is 0.268. The Morgan fingerprint density at radius 1 is 1.04 bits per heavy atom. The molecule has 0 saturated carbocycles. The molecule has 0 radical (unpaired) electrons. The number of likely N-dealkylation sites (tertiary alicyclic amines) is 1. The number of ether oxygens (including phenoxy) is 1. The van der Waals surface area contributed by atoms with Gasteiger partial charge in [0.1, 0.15) is 6.04 Å². The molecule has 1 saturated heterocycles. The molecule has 0 aromatic heterocycles. The minimum Gasteiger partial charge on any atom is -0.378 e. The summed E-state index contributed by atoms with van der Waals surface area (Å²) in [5, 5.41) is 0. The van der Waals surface area contributed by atoms with Crippen LogP contribution in [0.1, 0.15) is 30.0 Å². The van der Waals surface area contributed by atoms with Crippen molar-refractivity contribution in [1.29, 1.82) is 0 Å². The van der Waals surface area contributed by atoms with Gasteiger partial charge in [-0.3, -0.25) is 9.69 Å². The summed E-state index contributed by atoms with van der Waals surface area (Å²) >= 11 is 0. The average molecular weight is 338 g/mol. The minimum atomic E-state index is -0.341. The number of rotatable bonds is 7. The first-order valence-corrected chi connectivity index (χ1v) is 8.98. The third-order valence-corrected chi connectivity index (χ3v) is 4.81. The number of benzene rings is 2. The molecule has 1 unspecified atom stereocenters. The van der Waals surface area contributed by atoms with E-state index in [1.807, 2.05) is 36.4 Å². The summed E-state index contributed by atoms with van der Waals surface area (Å²) in [4.78, 5) is 14.1. The Labute approximate surface area is 149 Å². The lowest BCUT2D eigenvalue weighted by Gasteiger charge is -2.36. The van der Waals surface area contributed by atoms with Crippen LogP contribution in [0.3, 0.4) is 0 Å². The summed E-state index contributed by atoms with van der Waals surface area (Å²) in [6, 6.07) is 19.9. The van der Waals surface area contributed by atoms with Gasteiger partial charge in [0.25, 0.3) is 0 Å². The number of carbonyl (C=O) groups is 1. The molecule has 0 aliphatic carbocycles. The molecule has 1 aliphatic rings. The third-order valence-electron chi connectivity index (χ3n) is 4.81. The summed E-state index contributed by atoms with van der Waals surface area (Å²) in [5.41, 5.74) is 7.94. The summed E-state index contributed by atoms with van der Waals surface area (Å²) in [5.74, 6) is -0.283. The molecule has 1 heterocycles. The molecule has 2 N–H and O–H groups in total. The zero-order chi connectivity index (χ0) is 17.5. The number of carbonyl (C=O) groups excluding carboxylic acids is 1. The van der Waals surface area contributed by atoms with E-state index < -0.39 is 0 Å². The lowest BCUT2D eigenvalue weighted by Crippen LogP contribution is -2.44. The first-order chi connectivity index (χ1) is 12.2. The molecular weight excluding hydrogens is 312 g/mol. The van der Waals surface area contributed by atoms with Gasteiger partial charge in [0.05, 0.1) is 12.7 Å². The van der Waals surface area contributed by atoms with Gasteiger partial charge in [-0.1, -0.05) is 60.7 Å². The molecule has 1 amide bonds. The van der Waals surface area contributed by atoms with Gasteiger partial charge in [-0.2, -0.15) is 0 Å². The Morgan fingerprint density at radius 3 is 2.24 bits per heavy atom. The van der Waals surface area contributed by atoms with Crippen LogP contribution in [-0.2, 0) is 16.0 Å². The van der Waals surface area contributed by atoms with Gasteiger partial charge in [-0.15, -0.1) is 0 Å². The van der Waals surface area contributed by atoms with Crippen LogP contribution >= 0.6 is 0 Å². The number of hydrogen-bond acceptors (Lipinski definition) is 3. The van der Waals surface area contributed by atoms with Crippen molar-refractivity contribution < 1.29 is 9.53 Å². The molecule has 1 atom stereocenters. The molecule has 0 bridgehead atoms. The standard InChI is InChI=1S/C21H26N2O2/c22-21(24)20(18-9-5-2-6-10-18)23-14-11-19(12-15-23)25-16-13-17-7-3-1-4-8-17/h1-10,19-20H,11-16H2,(H2,22,24). The maximum atomic E-state index is 12.0. The van der Waals surface area contributed by atoms with Gasteiger partial charge in [-0.25, -0.2) is 0 Å². The molecule has 1 aliphatic heterocycles. The van der Waals surface area contributed by atoms with E-state index in [-0.39, 0.29) is 18.1 Å². The molecular formula is C21H26N2O2. The van der Waals surface area contributed by atoms with Crippen molar-refractivity contribution in [2.45, 2.75) is 31.4 Å². The first-order valence-electron chi connectivity index (χ1n) is 8.98. The van der Waals surface area contributed by atoms with Gasteiger partial charge in [-0.05, 0) is 30.4 Å². The van der Waals surface area contributed by atoms with Crippen LogP contribution in [0.5, 0.6) is 0 Å². The van der Waals surface area contributed by atoms with Gasteiger partial charge in [0.15, 0.2) is 0 Å². The van der Waals surface area contributed by atoms with E-state index in [9.17, 15) is 4.79 Å². The van der Waals surface area contributed by atoms with Gasteiger partial charge >= 0.3 is 0 Å². The number of nitrogens with two attached hydrogens (primary N) is 1. The smallest absolute Gasteiger partial charge is 0.239 e. The molecule has 3 rings (SSSR count). The highest BCUT2D eigenvalue weighted by molar-refractivity contribution is 5.81. The normalized spacial score (nSPS) is 17.3. The highest BCUT2D eigenvalue weighted by Crippen LogP contribution is 2.25. The summed E-state index contributed by atoms with van der Waals surface area (Å²) in [6.07, 6.45) is 3.08. The maximum absolute atomic E-state index is 12.0. The Kier molecular flexibility index (Phi) is 6.20. The molecule has 0 spiro atoms. The number of primary amides is 1. The van der Waals surface area contributed by atoms with Crippen LogP contribution in [0.25, 0.3) is 0 Å². The lowest BCUT2D eigenvalue weighted by atomic mass is 10.00. The zero-order valence-electron chi connectivity index (χ0n) is 14.5. The second-order valence-electron chi connectivity index (χ2n) is 6.56. The molecule has 25 heavy (non-hydrogen) atoms. The lowest BCUT2D eigenvalue weighted by molar-refractivity contribution is -0.124. The summed E-state index contributed by atoms with van der Waals surface area (Å²) in [6.45, 7) is 2.41. The van der Waals surface area contributed by atoms with Crippen LogP contribution in [0.15, 0.2) is 60.7 Å². The summed E-state index contributed by atoms with van der Waals surface area (Å²) in [7, 11) is 0. The average Bonchev–Trinajstić information content (AvgIpc) is 2.65. The molecule has 2 aromatic rings. The van der Waals surface area contributed by atoms with E-state index in [0.29, 0.717) is 0 Å². The van der Waals surface area contributed by atoms with Crippen molar-refractivity contribution >= 4 is 5.91 Å². The van der Waals surface area contributed by atoms with Crippen LogP contribution in [0.2, 0.25) is 0 Å². The highest BCUT2D eigenvalue weighted by atomic mass is 16.5. The van der Waals surface area contributed by atoms with E-state index in [0.717, 1.165) is 44.5 Å². The number of piperidine rings is 1. The van der Waals surface area contributed by atoms with E-state index in [1.165, 1.54) is 5.56 Å². The van der Waals surface area contributed by atoms with Crippen molar-refractivity contribution in [3.63, 3.8) is 0 Å². The third kappa shape index (κ3) is 4.91. The topological polar surface area (TPSA) is 55.6 Å². The van der Waals surface area contributed by atoms with Gasteiger partial charge < -0.3 is 10.5 Å². The van der Waals surface area contributed by atoms with E-state index >= 15 is 0 Å². The maximum Gasteiger partial charge on any atom is 0.239 e. The van der Waals surface area contributed by atoms with Crippen molar-refractivity contribution in [2.24, 2.45) is 5.73 Å². The quantitative estimate of drug-likeness (QED) is 0.844. The molecule has 2 aromatic carbocycles. The fourth-order valence-electron chi connectivity index (χ4n) is 3.48. The highest BCUT2D eigenvalue weighted by Gasteiger charge is 2.29. The largest absolute Gasteiger partial charge is 0.378 e. The van der Waals surface area contributed by atoms with Gasteiger partial charge in [0, 0.05) is 13.1 Å². The van der Waals surface area contributed by atoms with Crippen LogP contribution < -0.4 is 5.73 Å². The zero-order valence-corrected chi connectivity index (χ0v) is 14.5. The van der Waals surface area contributed by atoms with Gasteiger partial charge in [0.2, 0.25) is 5.91 Å². The predicted molar refractivity (Wildman–Crippen MR) is 99.1 cm³/mol. The number of nitrogens with zero attached hydrogens (tertiary/aromatic N) is 1. The van der Waals surface area contributed by atoms with Crippen LogP contribution in [0, 0.1) is 0 Å². The number of hydrogen-bond donors (Lipinski definition) is 1. The molecule has 4 heteroatoms. The van der Waals surface area contributed by atoms with Crippen LogP contribution in [0.4, 0.5) is 0 Å². The monoisotopic (exact) mass is 338 g/mol. The predicted octanol–water partition coefficient (Wildman–Crippen LogP) is 2.94. The van der Waals surface area contributed by atoms with Crippen molar-refractivity contribution in [2.75, 3.05) is 19.7 Å². The van der Waals surface area contributed by atoms with Crippen molar-refractivity contribution in [1.82, 2.24) is 4.90 Å². The Morgan fingerprint density at radius 2 is 1.64 bits per heavy atom. The van der Waals surface area contributed by atoms with E-state index in [1.54, 1.807) is 0 Å². The second-order valence-corrected chi connectivity index (χ2v) is 6.56. The SMILES string of the molecule is NC(=O)C(c1ccccc1)N1CCC(OCCc2ccccc2)CC1. The van der Waals surface area contributed by atoms with E-state index in [4.69, 9.17) is 10.5 Å². The fraction of sp³-hybridized carbons (Fsp3) is 0.381. The number of amides is 1. The Balaban J connectivity index is 1.48. The molecule has 132 valence electrons. The van der Waals surface area contributed by atoms with Crippen molar-refractivity contribution in [3.8, 4) is 0 Å². The Hall–Kier alpha value is -2.17. The summed E-state index contributed by atoms with van der Waals surface area (Å²) < 4.78 is 6.04. The molecule has 4 nitrogen and oxygen atoms in total. The Bertz CT molecular complexity index is 652. The fourth-order valence-corrected chi connectivity index (χ4v) is 3.48.